The number of benzene rings is 2. The molecule has 3 rings (SSSR count). The molecule has 1 N–H and O–H groups in total. The van der Waals surface area contributed by atoms with E-state index in [2.05, 4.69) is 5.32 Å². The molecular formula is C21H20N2O3S. The van der Waals surface area contributed by atoms with Crippen molar-refractivity contribution in [1.29, 1.82) is 0 Å². The molecule has 0 spiro atoms. The fourth-order valence-electron chi connectivity index (χ4n) is 2.42. The van der Waals surface area contributed by atoms with Crippen LogP contribution in [0, 0.1) is 0 Å². The fourth-order valence-corrected chi connectivity index (χ4v) is 3.17. The van der Waals surface area contributed by atoms with E-state index in [1.54, 1.807) is 47.5 Å². The van der Waals surface area contributed by atoms with Crippen molar-refractivity contribution in [3.05, 3.63) is 82.6 Å². The summed E-state index contributed by atoms with van der Waals surface area (Å²) in [6, 6.07) is 20.2. The number of likely N-dealkylation sites (N-methyl/N-ethyl adjacent to an activating group) is 1. The lowest BCUT2D eigenvalue weighted by Crippen LogP contribution is -2.37. The second kappa shape index (κ2) is 9.00. The quantitative estimate of drug-likeness (QED) is 0.676. The first-order valence-corrected chi connectivity index (χ1v) is 9.37. The van der Waals surface area contributed by atoms with Crippen molar-refractivity contribution in [3.8, 4) is 11.5 Å². The first-order chi connectivity index (χ1) is 13.1. The Balaban J connectivity index is 1.49. The number of nitrogens with zero attached hydrogens (tertiary/aromatic N) is 1. The maximum Gasteiger partial charge on any atom is 0.251 e. The highest BCUT2D eigenvalue weighted by molar-refractivity contribution is 7.09. The number of rotatable bonds is 7. The minimum Gasteiger partial charge on any atom is -0.457 e. The lowest BCUT2D eigenvalue weighted by molar-refractivity contribution is -0.129. The van der Waals surface area contributed by atoms with Crippen LogP contribution in [0.2, 0.25) is 0 Å². The topological polar surface area (TPSA) is 58.6 Å². The van der Waals surface area contributed by atoms with Crippen LogP contribution in [0.15, 0.2) is 72.1 Å². The molecule has 0 aliphatic carbocycles. The Morgan fingerprint density at radius 2 is 1.67 bits per heavy atom. The van der Waals surface area contributed by atoms with E-state index in [0.29, 0.717) is 17.9 Å². The molecule has 0 atom stereocenters. The zero-order valence-electron chi connectivity index (χ0n) is 14.9. The highest BCUT2D eigenvalue weighted by atomic mass is 32.1. The van der Waals surface area contributed by atoms with Crippen molar-refractivity contribution >= 4 is 23.2 Å². The van der Waals surface area contributed by atoms with Crippen LogP contribution in [-0.2, 0) is 11.3 Å². The number of ether oxygens (including phenoxy) is 1. The van der Waals surface area contributed by atoms with Gasteiger partial charge in [-0.3, -0.25) is 9.59 Å². The van der Waals surface area contributed by atoms with Crippen molar-refractivity contribution in [3.63, 3.8) is 0 Å². The number of carbonyl (C=O) groups is 2. The minimum absolute atomic E-state index is 0.0387. The van der Waals surface area contributed by atoms with Crippen LogP contribution in [0.25, 0.3) is 0 Å². The first kappa shape index (κ1) is 18.7. The lowest BCUT2D eigenvalue weighted by atomic mass is 10.2. The number of carbonyl (C=O) groups excluding carboxylic acids is 2. The molecule has 0 unspecified atom stereocenters. The summed E-state index contributed by atoms with van der Waals surface area (Å²) in [5.41, 5.74) is 0.476. The van der Waals surface area contributed by atoms with Crippen LogP contribution in [0.5, 0.6) is 11.5 Å². The molecule has 0 saturated heterocycles. The monoisotopic (exact) mass is 380 g/mol. The maximum absolute atomic E-state index is 12.2. The summed E-state index contributed by atoms with van der Waals surface area (Å²) >= 11 is 1.60. The van der Waals surface area contributed by atoms with Gasteiger partial charge in [0.05, 0.1) is 13.1 Å². The van der Waals surface area contributed by atoms with Gasteiger partial charge in [0.15, 0.2) is 0 Å². The zero-order chi connectivity index (χ0) is 19.1. The summed E-state index contributed by atoms with van der Waals surface area (Å²) in [4.78, 5) is 27.1. The first-order valence-electron chi connectivity index (χ1n) is 8.49. The van der Waals surface area contributed by atoms with Gasteiger partial charge in [0, 0.05) is 17.5 Å². The van der Waals surface area contributed by atoms with Gasteiger partial charge in [-0.2, -0.15) is 0 Å². The van der Waals surface area contributed by atoms with Crippen LogP contribution in [0.1, 0.15) is 15.2 Å². The van der Waals surface area contributed by atoms with Crippen LogP contribution in [0.4, 0.5) is 0 Å². The largest absolute Gasteiger partial charge is 0.457 e. The van der Waals surface area contributed by atoms with Gasteiger partial charge in [0.1, 0.15) is 11.5 Å². The molecule has 1 aromatic heterocycles. The van der Waals surface area contributed by atoms with Gasteiger partial charge in [0.25, 0.3) is 5.91 Å². The molecule has 27 heavy (non-hydrogen) atoms. The van der Waals surface area contributed by atoms with Gasteiger partial charge in [0.2, 0.25) is 5.91 Å². The summed E-state index contributed by atoms with van der Waals surface area (Å²) in [7, 11) is 1.73. The van der Waals surface area contributed by atoms with Crippen molar-refractivity contribution < 1.29 is 14.3 Å². The molecule has 3 aromatic rings. The van der Waals surface area contributed by atoms with Gasteiger partial charge < -0.3 is 15.0 Å². The molecular weight excluding hydrogens is 360 g/mol. The van der Waals surface area contributed by atoms with E-state index in [-0.39, 0.29) is 18.4 Å². The molecule has 2 amide bonds. The van der Waals surface area contributed by atoms with Crippen molar-refractivity contribution in [2.45, 2.75) is 6.54 Å². The van der Waals surface area contributed by atoms with Crippen LogP contribution in [0.3, 0.4) is 0 Å². The summed E-state index contributed by atoms with van der Waals surface area (Å²) < 4.78 is 5.70. The molecule has 6 heteroatoms. The second-order valence-corrected chi connectivity index (χ2v) is 6.98. The average Bonchev–Trinajstić information content (AvgIpc) is 3.20. The molecule has 0 aliphatic rings. The van der Waals surface area contributed by atoms with E-state index in [0.717, 1.165) is 10.6 Å². The Kier molecular flexibility index (Phi) is 6.22. The van der Waals surface area contributed by atoms with Gasteiger partial charge >= 0.3 is 0 Å². The normalized spacial score (nSPS) is 10.3. The SMILES string of the molecule is CN(Cc1cccs1)C(=O)CNC(=O)c1ccc(Oc2ccccc2)cc1. The van der Waals surface area contributed by atoms with E-state index >= 15 is 0 Å². The van der Waals surface area contributed by atoms with Gasteiger partial charge in [-0.25, -0.2) is 0 Å². The number of nitrogens with one attached hydrogen (secondary N) is 1. The molecule has 138 valence electrons. The standard InChI is InChI=1S/C21H20N2O3S/c1-23(15-19-8-5-13-27-19)20(24)14-22-21(25)16-9-11-18(12-10-16)26-17-6-3-2-4-7-17/h2-13H,14-15H2,1H3,(H,22,25). The Hall–Kier alpha value is -3.12. The Bertz CT molecular complexity index is 878. The van der Waals surface area contributed by atoms with Crippen LogP contribution >= 0.6 is 11.3 Å². The Morgan fingerprint density at radius 1 is 0.963 bits per heavy atom. The predicted molar refractivity (Wildman–Crippen MR) is 106 cm³/mol. The van der Waals surface area contributed by atoms with Crippen molar-refractivity contribution in [2.24, 2.45) is 0 Å². The fraction of sp³-hybridized carbons (Fsp3) is 0.143. The number of amides is 2. The van der Waals surface area contributed by atoms with E-state index in [4.69, 9.17) is 4.74 Å². The predicted octanol–water partition coefficient (Wildman–Crippen LogP) is 3.93. The molecule has 0 radical (unpaired) electrons. The Morgan fingerprint density at radius 3 is 2.33 bits per heavy atom. The summed E-state index contributed by atoms with van der Waals surface area (Å²) in [5, 5.41) is 4.63. The minimum atomic E-state index is -0.292. The molecule has 5 nitrogen and oxygen atoms in total. The van der Waals surface area contributed by atoms with Crippen molar-refractivity contribution in [2.75, 3.05) is 13.6 Å². The third-order valence-corrected chi connectivity index (χ3v) is 4.76. The molecule has 0 aliphatic heterocycles. The molecule has 0 bridgehead atoms. The van der Waals surface area contributed by atoms with E-state index < -0.39 is 0 Å². The van der Waals surface area contributed by atoms with Crippen LogP contribution < -0.4 is 10.1 Å². The van der Waals surface area contributed by atoms with E-state index in [9.17, 15) is 9.59 Å². The van der Waals surface area contributed by atoms with Gasteiger partial charge in [-0.05, 0) is 47.8 Å². The summed E-state index contributed by atoms with van der Waals surface area (Å²) in [6.07, 6.45) is 0. The number of para-hydroxylation sites is 1. The summed E-state index contributed by atoms with van der Waals surface area (Å²) in [6.45, 7) is 0.501. The smallest absolute Gasteiger partial charge is 0.251 e. The van der Waals surface area contributed by atoms with E-state index in [1.165, 1.54) is 0 Å². The Labute approximate surface area is 162 Å². The third kappa shape index (κ3) is 5.43. The molecule has 0 saturated carbocycles. The summed E-state index contributed by atoms with van der Waals surface area (Å²) in [5.74, 6) is 0.943. The van der Waals surface area contributed by atoms with Gasteiger partial charge in [-0.1, -0.05) is 24.3 Å². The van der Waals surface area contributed by atoms with Crippen molar-refractivity contribution in [1.82, 2.24) is 10.2 Å². The average molecular weight is 380 g/mol. The van der Waals surface area contributed by atoms with E-state index in [1.807, 2.05) is 47.8 Å². The molecule has 2 aromatic carbocycles. The number of hydrogen-bond donors (Lipinski definition) is 1. The third-order valence-electron chi connectivity index (χ3n) is 3.89. The highest BCUT2D eigenvalue weighted by Crippen LogP contribution is 2.21. The molecule has 1 heterocycles. The zero-order valence-corrected chi connectivity index (χ0v) is 15.7. The number of hydrogen-bond acceptors (Lipinski definition) is 4. The lowest BCUT2D eigenvalue weighted by Gasteiger charge is -2.16. The highest BCUT2D eigenvalue weighted by Gasteiger charge is 2.12. The maximum atomic E-state index is 12.2. The second-order valence-electron chi connectivity index (χ2n) is 5.95. The van der Waals surface area contributed by atoms with Crippen LogP contribution in [-0.4, -0.2) is 30.3 Å². The number of thiophene rings is 1. The molecule has 0 fully saturated rings. The van der Waals surface area contributed by atoms with Gasteiger partial charge in [-0.15, -0.1) is 11.3 Å².